The topological polar surface area (TPSA) is 112 Å². The van der Waals surface area contributed by atoms with Gasteiger partial charge in [0.25, 0.3) is 11.7 Å². The van der Waals surface area contributed by atoms with Gasteiger partial charge in [0, 0.05) is 6.07 Å². The van der Waals surface area contributed by atoms with Crippen molar-refractivity contribution in [3.63, 3.8) is 0 Å². The maximum absolute atomic E-state index is 12.3. The molecule has 0 radical (unpaired) electrons. The summed E-state index contributed by atoms with van der Waals surface area (Å²) in [5.74, 6) is -1.35. The fraction of sp³-hybridized carbons (Fsp3) is 0.462. The molecule has 1 aliphatic rings. The summed E-state index contributed by atoms with van der Waals surface area (Å²) in [7, 11) is 0. The van der Waals surface area contributed by atoms with Crippen LogP contribution in [0.4, 0.5) is 11.6 Å². The van der Waals surface area contributed by atoms with Gasteiger partial charge in [0.1, 0.15) is 6.54 Å². The summed E-state index contributed by atoms with van der Waals surface area (Å²) >= 11 is 0. The zero-order valence-corrected chi connectivity index (χ0v) is 12.1. The average Bonchev–Trinajstić information content (AvgIpc) is 2.49. The van der Waals surface area contributed by atoms with Crippen LogP contribution in [0.25, 0.3) is 0 Å². The van der Waals surface area contributed by atoms with Crippen molar-refractivity contribution in [3.05, 3.63) is 22.2 Å². The first kappa shape index (κ1) is 15.7. The number of fused-ring (bicyclic) bond motifs is 1. The van der Waals surface area contributed by atoms with Crippen LogP contribution < -0.4 is 9.64 Å². The summed E-state index contributed by atoms with van der Waals surface area (Å²) in [4.78, 5) is 39.0. The van der Waals surface area contributed by atoms with E-state index in [-0.39, 0.29) is 24.7 Å². The Hall–Kier alpha value is -2.71. The predicted octanol–water partition coefficient (Wildman–Crippen LogP) is 1.06. The van der Waals surface area contributed by atoms with E-state index in [4.69, 9.17) is 9.47 Å². The van der Waals surface area contributed by atoms with E-state index in [0.717, 1.165) is 4.90 Å². The van der Waals surface area contributed by atoms with Crippen molar-refractivity contribution < 1.29 is 24.0 Å². The standard InChI is InChI=1S/C13H15N3O6/c1-3-8-13(18)15(7-11(17)21-4-2)12-9(22-8)5-6-10(14-12)16(19)20/h5-6,8H,3-4,7H2,1-2H3. The normalized spacial score (nSPS) is 16.7. The molecule has 1 aliphatic heterocycles. The lowest BCUT2D eigenvalue weighted by Crippen LogP contribution is -2.48. The van der Waals surface area contributed by atoms with Crippen LogP contribution in [0.15, 0.2) is 12.1 Å². The lowest BCUT2D eigenvalue weighted by Gasteiger charge is -2.29. The lowest BCUT2D eigenvalue weighted by atomic mass is 10.2. The Labute approximate surface area is 126 Å². The first-order valence-electron chi connectivity index (χ1n) is 6.77. The number of pyridine rings is 1. The molecule has 1 unspecified atom stereocenters. The number of aromatic nitrogens is 1. The van der Waals surface area contributed by atoms with Gasteiger partial charge in [-0.1, -0.05) is 6.92 Å². The van der Waals surface area contributed by atoms with Crippen molar-refractivity contribution >= 4 is 23.5 Å². The van der Waals surface area contributed by atoms with E-state index in [0.29, 0.717) is 6.42 Å². The summed E-state index contributed by atoms with van der Waals surface area (Å²) in [6, 6.07) is 2.55. The third kappa shape index (κ3) is 2.97. The van der Waals surface area contributed by atoms with Crippen molar-refractivity contribution in [1.82, 2.24) is 4.98 Å². The number of esters is 1. The third-order valence-electron chi connectivity index (χ3n) is 3.04. The average molecular weight is 309 g/mol. The van der Waals surface area contributed by atoms with E-state index in [9.17, 15) is 19.7 Å². The highest BCUT2D eigenvalue weighted by Crippen LogP contribution is 2.34. The molecule has 9 heteroatoms. The molecule has 0 saturated carbocycles. The minimum absolute atomic E-state index is 0.0445. The van der Waals surface area contributed by atoms with Gasteiger partial charge in [-0.05, 0) is 29.3 Å². The van der Waals surface area contributed by atoms with Crippen molar-refractivity contribution in [3.8, 4) is 5.75 Å². The molecule has 118 valence electrons. The Bertz CT molecular complexity index is 618. The van der Waals surface area contributed by atoms with Crippen LogP contribution in [0.1, 0.15) is 20.3 Å². The van der Waals surface area contributed by atoms with Crippen molar-refractivity contribution in [1.29, 1.82) is 0 Å². The number of rotatable bonds is 5. The second-order valence-electron chi connectivity index (χ2n) is 4.49. The number of ether oxygens (including phenoxy) is 2. The minimum atomic E-state index is -0.759. The number of anilines is 1. The quantitative estimate of drug-likeness (QED) is 0.454. The third-order valence-corrected chi connectivity index (χ3v) is 3.04. The van der Waals surface area contributed by atoms with Gasteiger partial charge < -0.3 is 19.6 Å². The second kappa shape index (κ2) is 6.37. The molecule has 0 N–H and O–H groups in total. The molecular formula is C13H15N3O6. The van der Waals surface area contributed by atoms with Crippen molar-refractivity contribution in [2.45, 2.75) is 26.4 Å². The van der Waals surface area contributed by atoms with Crippen LogP contribution in [-0.2, 0) is 14.3 Å². The number of amides is 1. The van der Waals surface area contributed by atoms with Crippen LogP contribution in [0.3, 0.4) is 0 Å². The molecule has 1 amide bonds. The van der Waals surface area contributed by atoms with E-state index < -0.39 is 28.7 Å². The first-order valence-corrected chi connectivity index (χ1v) is 6.77. The summed E-state index contributed by atoms with van der Waals surface area (Å²) < 4.78 is 10.3. The number of nitrogens with zero attached hydrogens (tertiary/aromatic N) is 3. The summed E-state index contributed by atoms with van der Waals surface area (Å²) in [6.45, 7) is 3.21. The van der Waals surface area contributed by atoms with E-state index >= 15 is 0 Å². The maximum atomic E-state index is 12.3. The predicted molar refractivity (Wildman–Crippen MR) is 74.6 cm³/mol. The Morgan fingerprint density at radius 3 is 2.82 bits per heavy atom. The fourth-order valence-corrected chi connectivity index (χ4v) is 2.04. The number of carbonyl (C=O) groups excluding carboxylic acids is 2. The molecule has 0 spiro atoms. The van der Waals surface area contributed by atoms with Gasteiger partial charge in [-0.2, -0.15) is 0 Å². The van der Waals surface area contributed by atoms with Crippen LogP contribution in [-0.4, -0.2) is 41.0 Å². The molecule has 0 saturated heterocycles. The SMILES string of the molecule is CCOC(=O)CN1C(=O)C(CC)Oc2ccc([N+](=O)[O-])nc21. The smallest absolute Gasteiger partial charge is 0.366 e. The number of hydrogen-bond acceptors (Lipinski definition) is 7. The zero-order chi connectivity index (χ0) is 16.3. The molecule has 0 aromatic carbocycles. The zero-order valence-electron chi connectivity index (χ0n) is 12.1. The van der Waals surface area contributed by atoms with Crippen LogP contribution >= 0.6 is 0 Å². The highest BCUT2D eigenvalue weighted by Gasteiger charge is 2.39. The van der Waals surface area contributed by atoms with Crippen LogP contribution in [0.2, 0.25) is 0 Å². The minimum Gasteiger partial charge on any atom is -0.474 e. The van der Waals surface area contributed by atoms with Gasteiger partial charge in [-0.25, -0.2) is 0 Å². The van der Waals surface area contributed by atoms with Gasteiger partial charge in [-0.3, -0.25) is 14.5 Å². The molecule has 1 aromatic heterocycles. The summed E-state index contributed by atoms with van der Waals surface area (Å²) in [6.07, 6.45) is -0.362. The Morgan fingerprint density at radius 2 is 2.23 bits per heavy atom. The van der Waals surface area contributed by atoms with E-state index in [2.05, 4.69) is 4.98 Å². The first-order chi connectivity index (χ1) is 10.5. The summed E-state index contributed by atoms with van der Waals surface area (Å²) in [5.41, 5.74) is 0. The van der Waals surface area contributed by atoms with Crippen LogP contribution in [0.5, 0.6) is 5.75 Å². The number of carbonyl (C=O) groups is 2. The largest absolute Gasteiger partial charge is 0.474 e. The molecule has 1 atom stereocenters. The molecular weight excluding hydrogens is 294 g/mol. The molecule has 0 aliphatic carbocycles. The van der Waals surface area contributed by atoms with Gasteiger partial charge in [-0.15, -0.1) is 0 Å². The highest BCUT2D eigenvalue weighted by atomic mass is 16.6. The molecule has 2 rings (SSSR count). The lowest BCUT2D eigenvalue weighted by molar-refractivity contribution is -0.389. The molecule has 0 fully saturated rings. The molecule has 9 nitrogen and oxygen atoms in total. The van der Waals surface area contributed by atoms with E-state index in [1.54, 1.807) is 13.8 Å². The molecule has 0 bridgehead atoms. The van der Waals surface area contributed by atoms with Crippen molar-refractivity contribution in [2.75, 3.05) is 18.1 Å². The Kier molecular flexibility index (Phi) is 4.54. The van der Waals surface area contributed by atoms with Gasteiger partial charge in [0.15, 0.2) is 11.9 Å². The van der Waals surface area contributed by atoms with Gasteiger partial charge in [0.2, 0.25) is 0 Å². The highest BCUT2D eigenvalue weighted by molar-refractivity contribution is 6.02. The molecule has 2 heterocycles. The van der Waals surface area contributed by atoms with Crippen LogP contribution in [0, 0.1) is 10.1 Å². The maximum Gasteiger partial charge on any atom is 0.366 e. The summed E-state index contributed by atoms with van der Waals surface area (Å²) in [5, 5.41) is 10.8. The monoisotopic (exact) mass is 309 g/mol. The Balaban J connectivity index is 2.41. The number of nitro groups is 1. The van der Waals surface area contributed by atoms with Gasteiger partial charge in [0.05, 0.1) is 6.61 Å². The van der Waals surface area contributed by atoms with Crippen molar-refractivity contribution in [2.24, 2.45) is 0 Å². The Morgan fingerprint density at radius 1 is 1.50 bits per heavy atom. The number of hydrogen-bond donors (Lipinski definition) is 0. The van der Waals surface area contributed by atoms with E-state index in [1.165, 1.54) is 12.1 Å². The molecule has 22 heavy (non-hydrogen) atoms. The second-order valence-corrected chi connectivity index (χ2v) is 4.49. The van der Waals surface area contributed by atoms with E-state index in [1.807, 2.05) is 0 Å². The molecule has 1 aromatic rings. The van der Waals surface area contributed by atoms with Gasteiger partial charge >= 0.3 is 11.8 Å². The fourth-order valence-electron chi connectivity index (χ4n) is 2.04.